The Kier molecular flexibility index (Phi) is 3.61. The van der Waals surface area contributed by atoms with Crippen LogP contribution in [0.15, 0.2) is 36.7 Å². The highest BCUT2D eigenvalue weighted by atomic mass is 19.1. The minimum Gasteiger partial charge on any atom is -0.494 e. The van der Waals surface area contributed by atoms with Gasteiger partial charge in [-0.25, -0.2) is 9.18 Å². The SMILES string of the molecule is COc1cc(Nc2cnccc2C(=O)O)ccc1F. The summed E-state index contributed by atoms with van der Waals surface area (Å²) in [5.41, 5.74) is 0.913. The van der Waals surface area contributed by atoms with E-state index in [1.165, 1.54) is 43.8 Å². The Morgan fingerprint density at radius 1 is 1.42 bits per heavy atom. The first-order valence-corrected chi connectivity index (χ1v) is 5.39. The zero-order valence-electron chi connectivity index (χ0n) is 10.1. The number of carbonyl (C=O) groups is 1. The number of aromatic carboxylic acids is 1. The minimum absolute atomic E-state index is 0.0748. The van der Waals surface area contributed by atoms with Crippen LogP contribution in [0, 0.1) is 5.82 Å². The molecule has 5 nitrogen and oxygen atoms in total. The quantitative estimate of drug-likeness (QED) is 0.886. The van der Waals surface area contributed by atoms with Crippen LogP contribution in [0.25, 0.3) is 0 Å². The number of ether oxygens (including phenoxy) is 1. The summed E-state index contributed by atoms with van der Waals surface area (Å²) in [5.74, 6) is -1.48. The lowest BCUT2D eigenvalue weighted by atomic mass is 10.2. The van der Waals surface area contributed by atoms with Gasteiger partial charge >= 0.3 is 5.97 Å². The van der Waals surface area contributed by atoms with Crippen LogP contribution in [0.3, 0.4) is 0 Å². The molecule has 2 aromatic rings. The van der Waals surface area contributed by atoms with E-state index in [4.69, 9.17) is 9.84 Å². The molecular weight excluding hydrogens is 251 g/mol. The zero-order chi connectivity index (χ0) is 13.8. The van der Waals surface area contributed by atoms with Gasteiger partial charge in [-0.3, -0.25) is 4.98 Å². The van der Waals surface area contributed by atoms with Crippen LogP contribution in [-0.4, -0.2) is 23.2 Å². The van der Waals surface area contributed by atoms with E-state index < -0.39 is 11.8 Å². The molecule has 2 N–H and O–H groups in total. The van der Waals surface area contributed by atoms with Crippen LogP contribution in [0.2, 0.25) is 0 Å². The van der Waals surface area contributed by atoms with Gasteiger partial charge in [0, 0.05) is 18.0 Å². The predicted molar refractivity (Wildman–Crippen MR) is 67.4 cm³/mol. The van der Waals surface area contributed by atoms with Crippen LogP contribution in [0.1, 0.15) is 10.4 Å². The molecule has 19 heavy (non-hydrogen) atoms. The molecule has 98 valence electrons. The number of anilines is 2. The van der Waals surface area contributed by atoms with Crippen molar-refractivity contribution in [3.8, 4) is 5.75 Å². The van der Waals surface area contributed by atoms with E-state index in [2.05, 4.69) is 10.3 Å². The summed E-state index contributed by atoms with van der Waals surface area (Å²) in [6.07, 6.45) is 2.78. The second-order valence-corrected chi connectivity index (χ2v) is 3.70. The van der Waals surface area contributed by atoms with Crippen molar-refractivity contribution in [3.63, 3.8) is 0 Å². The molecule has 0 saturated carbocycles. The van der Waals surface area contributed by atoms with Gasteiger partial charge in [0.2, 0.25) is 0 Å². The number of nitrogens with one attached hydrogen (secondary N) is 1. The van der Waals surface area contributed by atoms with E-state index in [9.17, 15) is 9.18 Å². The lowest BCUT2D eigenvalue weighted by Gasteiger charge is -2.10. The highest BCUT2D eigenvalue weighted by molar-refractivity contribution is 5.94. The van der Waals surface area contributed by atoms with E-state index in [1.807, 2.05) is 0 Å². The average molecular weight is 262 g/mol. The van der Waals surface area contributed by atoms with E-state index in [0.29, 0.717) is 11.4 Å². The molecule has 0 spiro atoms. The second kappa shape index (κ2) is 5.34. The maximum absolute atomic E-state index is 13.3. The van der Waals surface area contributed by atoms with Gasteiger partial charge < -0.3 is 15.2 Å². The van der Waals surface area contributed by atoms with Crippen molar-refractivity contribution >= 4 is 17.3 Å². The Morgan fingerprint density at radius 3 is 2.89 bits per heavy atom. The molecule has 0 aliphatic carbocycles. The first-order valence-electron chi connectivity index (χ1n) is 5.39. The summed E-state index contributed by atoms with van der Waals surface area (Å²) >= 11 is 0. The summed E-state index contributed by atoms with van der Waals surface area (Å²) < 4.78 is 18.1. The summed E-state index contributed by atoms with van der Waals surface area (Å²) in [6, 6.07) is 5.54. The molecule has 0 radical (unpaired) electrons. The number of hydrogen-bond donors (Lipinski definition) is 2. The fourth-order valence-corrected chi connectivity index (χ4v) is 1.57. The normalized spacial score (nSPS) is 10.0. The molecule has 0 bridgehead atoms. The molecule has 0 fully saturated rings. The number of pyridine rings is 1. The van der Waals surface area contributed by atoms with Gasteiger partial charge in [0.25, 0.3) is 0 Å². The number of carboxylic acid groups (broad SMARTS) is 1. The first-order chi connectivity index (χ1) is 9.11. The highest BCUT2D eigenvalue weighted by Gasteiger charge is 2.10. The smallest absolute Gasteiger partial charge is 0.337 e. The summed E-state index contributed by atoms with van der Waals surface area (Å²) in [7, 11) is 1.36. The van der Waals surface area contributed by atoms with Crippen molar-refractivity contribution in [1.82, 2.24) is 4.98 Å². The number of hydrogen-bond acceptors (Lipinski definition) is 4. The van der Waals surface area contributed by atoms with Gasteiger partial charge in [0.1, 0.15) is 0 Å². The molecule has 0 aliphatic rings. The second-order valence-electron chi connectivity index (χ2n) is 3.70. The van der Waals surface area contributed by atoms with Crippen LogP contribution >= 0.6 is 0 Å². The Labute approximate surface area is 108 Å². The third-order valence-electron chi connectivity index (χ3n) is 2.48. The van der Waals surface area contributed by atoms with Gasteiger partial charge in [-0.05, 0) is 18.2 Å². The largest absolute Gasteiger partial charge is 0.494 e. The molecular formula is C13H11FN2O3. The molecule has 0 unspecified atom stereocenters. The van der Waals surface area contributed by atoms with Crippen molar-refractivity contribution in [3.05, 3.63) is 48.0 Å². The van der Waals surface area contributed by atoms with Crippen molar-refractivity contribution in [1.29, 1.82) is 0 Å². The third-order valence-corrected chi connectivity index (χ3v) is 2.48. The Bertz CT molecular complexity index is 617. The zero-order valence-corrected chi connectivity index (χ0v) is 10.1. The Balaban J connectivity index is 2.34. The molecule has 0 amide bonds. The minimum atomic E-state index is -1.07. The van der Waals surface area contributed by atoms with E-state index in [1.54, 1.807) is 0 Å². The topological polar surface area (TPSA) is 71.5 Å². The number of halogens is 1. The van der Waals surface area contributed by atoms with Crippen molar-refractivity contribution in [2.45, 2.75) is 0 Å². The van der Waals surface area contributed by atoms with Crippen LogP contribution < -0.4 is 10.1 Å². The van der Waals surface area contributed by atoms with E-state index >= 15 is 0 Å². The molecule has 1 aromatic carbocycles. The van der Waals surface area contributed by atoms with Crippen molar-refractivity contribution in [2.24, 2.45) is 0 Å². The van der Waals surface area contributed by atoms with Crippen LogP contribution in [0.5, 0.6) is 5.75 Å². The Hall–Kier alpha value is -2.63. The number of nitrogens with zero attached hydrogens (tertiary/aromatic N) is 1. The lowest BCUT2D eigenvalue weighted by Crippen LogP contribution is -2.03. The number of aromatic nitrogens is 1. The summed E-state index contributed by atoms with van der Waals surface area (Å²) in [6.45, 7) is 0. The van der Waals surface area contributed by atoms with Crippen molar-refractivity contribution < 1.29 is 19.0 Å². The molecule has 1 aromatic heterocycles. The maximum atomic E-state index is 13.3. The van der Waals surface area contributed by atoms with Crippen LogP contribution in [-0.2, 0) is 0 Å². The van der Waals surface area contributed by atoms with Crippen molar-refractivity contribution in [2.75, 3.05) is 12.4 Å². The van der Waals surface area contributed by atoms with Gasteiger partial charge in [-0.1, -0.05) is 0 Å². The third kappa shape index (κ3) is 2.79. The van der Waals surface area contributed by atoms with Gasteiger partial charge in [0.15, 0.2) is 11.6 Å². The van der Waals surface area contributed by atoms with Gasteiger partial charge in [-0.2, -0.15) is 0 Å². The Morgan fingerprint density at radius 2 is 2.21 bits per heavy atom. The predicted octanol–water partition coefficient (Wildman–Crippen LogP) is 2.67. The molecule has 1 heterocycles. The number of carboxylic acids is 1. The first kappa shape index (κ1) is 12.8. The highest BCUT2D eigenvalue weighted by Crippen LogP contribution is 2.25. The van der Waals surface area contributed by atoms with Gasteiger partial charge in [-0.15, -0.1) is 0 Å². The number of benzene rings is 1. The number of methoxy groups -OCH3 is 1. The summed E-state index contributed by atoms with van der Waals surface area (Å²) in [4.78, 5) is 14.9. The molecule has 0 saturated heterocycles. The average Bonchev–Trinajstić information content (AvgIpc) is 2.41. The lowest BCUT2D eigenvalue weighted by molar-refractivity contribution is 0.0698. The molecule has 6 heteroatoms. The maximum Gasteiger partial charge on any atom is 0.337 e. The molecule has 0 atom stereocenters. The fourth-order valence-electron chi connectivity index (χ4n) is 1.57. The van der Waals surface area contributed by atoms with E-state index in [0.717, 1.165) is 0 Å². The monoisotopic (exact) mass is 262 g/mol. The fraction of sp³-hybridized carbons (Fsp3) is 0.0769. The molecule has 0 aliphatic heterocycles. The van der Waals surface area contributed by atoms with Gasteiger partial charge in [0.05, 0.1) is 24.6 Å². The van der Waals surface area contributed by atoms with Crippen LogP contribution in [0.4, 0.5) is 15.8 Å². The standard InChI is InChI=1S/C13H11FN2O3/c1-19-12-6-8(2-3-10(12)14)16-11-7-15-5-4-9(11)13(17)18/h2-7,16H,1H3,(H,17,18). The summed E-state index contributed by atoms with van der Waals surface area (Å²) in [5, 5.41) is 11.9. The molecule has 2 rings (SSSR count). The van der Waals surface area contributed by atoms with E-state index in [-0.39, 0.29) is 11.3 Å². The number of rotatable bonds is 4.